The number of carbonyl (C=O) groups is 1. The highest BCUT2D eigenvalue weighted by Crippen LogP contribution is 1.98. The van der Waals surface area contributed by atoms with E-state index in [1.54, 1.807) is 0 Å². The normalized spacial score (nSPS) is 10.1. The van der Waals surface area contributed by atoms with E-state index in [0.29, 0.717) is 13.2 Å². The molecule has 0 fully saturated rings. The van der Waals surface area contributed by atoms with E-state index in [1.807, 2.05) is 6.92 Å². The molecule has 0 N–H and O–H groups in total. The van der Waals surface area contributed by atoms with Crippen molar-refractivity contribution >= 4 is 5.97 Å². The van der Waals surface area contributed by atoms with E-state index in [-0.39, 0.29) is 12.6 Å². The Morgan fingerprint density at radius 3 is 2.43 bits per heavy atom. The molecule has 0 heterocycles. The van der Waals surface area contributed by atoms with E-state index >= 15 is 0 Å². The number of esters is 1. The van der Waals surface area contributed by atoms with Crippen molar-refractivity contribution in [3.8, 4) is 0 Å². The lowest BCUT2D eigenvalue weighted by Gasteiger charge is -2.04. The summed E-state index contributed by atoms with van der Waals surface area (Å²) >= 11 is 0. The van der Waals surface area contributed by atoms with Crippen LogP contribution in [-0.2, 0) is 14.3 Å². The smallest absolute Gasteiger partial charge is 0.332 e. The Balaban J connectivity index is 3.07. The molecule has 0 aromatic carbocycles. The third kappa shape index (κ3) is 9.52. The van der Waals surface area contributed by atoms with Crippen molar-refractivity contribution in [3.05, 3.63) is 0 Å². The van der Waals surface area contributed by atoms with Gasteiger partial charge in [0.05, 0.1) is 6.61 Å². The van der Waals surface area contributed by atoms with E-state index in [9.17, 15) is 4.79 Å². The Hall–Kier alpha value is -0.570. The summed E-state index contributed by atoms with van der Waals surface area (Å²) in [5, 5.41) is 0. The molecule has 3 nitrogen and oxygen atoms in total. The van der Waals surface area contributed by atoms with Crippen LogP contribution in [0.25, 0.3) is 0 Å². The Kier molecular flexibility index (Phi) is 10.1. The highest BCUT2D eigenvalue weighted by atomic mass is 16.6. The SMILES string of the molecule is CCCCCCOCC(=O)OCCC. The lowest BCUT2D eigenvalue weighted by atomic mass is 10.2. The van der Waals surface area contributed by atoms with Crippen molar-refractivity contribution in [1.82, 2.24) is 0 Å². The van der Waals surface area contributed by atoms with Gasteiger partial charge >= 0.3 is 5.97 Å². The van der Waals surface area contributed by atoms with E-state index in [1.165, 1.54) is 19.3 Å². The van der Waals surface area contributed by atoms with Crippen LogP contribution < -0.4 is 0 Å². The Morgan fingerprint density at radius 2 is 1.79 bits per heavy atom. The largest absolute Gasteiger partial charge is 0.464 e. The molecule has 3 heteroatoms. The van der Waals surface area contributed by atoms with Gasteiger partial charge in [-0.25, -0.2) is 4.79 Å². The van der Waals surface area contributed by atoms with Gasteiger partial charge < -0.3 is 9.47 Å². The van der Waals surface area contributed by atoms with Gasteiger partial charge in [-0.1, -0.05) is 33.1 Å². The molecule has 0 radical (unpaired) electrons. The summed E-state index contributed by atoms with van der Waals surface area (Å²) in [5.41, 5.74) is 0. The summed E-state index contributed by atoms with van der Waals surface area (Å²) in [7, 11) is 0. The summed E-state index contributed by atoms with van der Waals surface area (Å²) in [6.45, 7) is 5.41. The van der Waals surface area contributed by atoms with Gasteiger partial charge in [0.25, 0.3) is 0 Å². The molecule has 14 heavy (non-hydrogen) atoms. The van der Waals surface area contributed by atoms with Crippen molar-refractivity contribution in [2.24, 2.45) is 0 Å². The van der Waals surface area contributed by atoms with E-state index < -0.39 is 0 Å². The molecule has 0 rings (SSSR count). The van der Waals surface area contributed by atoms with Gasteiger partial charge in [-0.05, 0) is 12.8 Å². The van der Waals surface area contributed by atoms with Crippen LogP contribution in [0.1, 0.15) is 46.0 Å². The lowest BCUT2D eigenvalue weighted by molar-refractivity contribution is -0.149. The number of hydrogen-bond donors (Lipinski definition) is 0. The van der Waals surface area contributed by atoms with Crippen LogP contribution in [0, 0.1) is 0 Å². The highest BCUT2D eigenvalue weighted by Gasteiger charge is 2.00. The third-order valence-electron chi connectivity index (χ3n) is 1.83. The maximum atomic E-state index is 10.9. The fraction of sp³-hybridized carbons (Fsp3) is 0.909. The van der Waals surface area contributed by atoms with Crippen LogP contribution in [0.5, 0.6) is 0 Å². The molecule has 0 aromatic rings. The second-order valence-electron chi connectivity index (χ2n) is 3.33. The number of rotatable bonds is 9. The number of unbranched alkanes of at least 4 members (excludes halogenated alkanes) is 3. The van der Waals surface area contributed by atoms with Crippen LogP contribution in [0.2, 0.25) is 0 Å². The highest BCUT2D eigenvalue weighted by molar-refractivity contribution is 5.70. The maximum absolute atomic E-state index is 10.9. The van der Waals surface area contributed by atoms with Crippen molar-refractivity contribution in [2.45, 2.75) is 46.0 Å². The first-order valence-corrected chi connectivity index (χ1v) is 5.54. The van der Waals surface area contributed by atoms with Crippen molar-refractivity contribution in [2.75, 3.05) is 19.8 Å². The number of ether oxygens (including phenoxy) is 2. The molecule has 0 aromatic heterocycles. The maximum Gasteiger partial charge on any atom is 0.332 e. The average molecular weight is 202 g/mol. The number of hydrogen-bond acceptors (Lipinski definition) is 3. The molecule has 0 spiro atoms. The molecule has 0 aliphatic heterocycles. The summed E-state index contributed by atoms with van der Waals surface area (Å²) in [6.07, 6.45) is 5.54. The fourth-order valence-electron chi connectivity index (χ4n) is 1.04. The van der Waals surface area contributed by atoms with Gasteiger partial charge in [-0.3, -0.25) is 0 Å². The molecule has 0 amide bonds. The Labute approximate surface area is 86.8 Å². The van der Waals surface area contributed by atoms with E-state index in [2.05, 4.69) is 6.92 Å². The van der Waals surface area contributed by atoms with Gasteiger partial charge in [0, 0.05) is 6.61 Å². The first kappa shape index (κ1) is 13.4. The number of carbonyl (C=O) groups excluding carboxylic acids is 1. The molecule has 0 atom stereocenters. The molecular formula is C11H22O3. The van der Waals surface area contributed by atoms with Gasteiger partial charge in [0.2, 0.25) is 0 Å². The molecule has 0 bridgehead atoms. The summed E-state index contributed by atoms with van der Waals surface area (Å²) in [4.78, 5) is 10.9. The average Bonchev–Trinajstić information content (AvgIpc) is 2.20. The molecule has 0 saturated carbocycles. The summed E-state index contributed by atoms with van der Waals surface area (Å²) in [5.74, 6) is -0.248. The molecular weight excluding hydrogens is 180 g/mol. The van der Waals surface area contributed by atoms with Crippen LogP contribution in [0.4, 0.5) is 0 Å². The fourth-order valence-corrected chi connectivity index (χ4v) is 1.04. The Bertz CT molecular complexity index is 134. The third-order valence-corrected chi connectivity index (χ3v) is 1.83. The second kappa shape index (κ2) is 10.5. The predicted octanol–water partition coefficient (Wildman–Crippen LogP) is 2.54. The molecule has 0 unspecified atom stereocenters. The lowest BCUT2D eigenvalue weighted by Crippen LogP contribution is -2.13. The van der Waals surface area contributed by atoms with Gasteiger partial charge in [-0.2, -0.15) is 0 Å². The Morgan fingerprint density at radius 1 is 1.00 bits per heavy atom. The molecule has 0 aliphatic carbocycles. The van der Waals surface area contributed by atoms with Crippen molar-refractivity contribution in [1.29, 1.82) is 0 Å². The second-order valence-corrected chi connectivity index (χ2v) is 3.33. The van der Waals surface area contributed by atoms with Crippen LogP contribution in [-0.4, -0.2) is 25.8 Å². The predicted molar refractivity (Wildman–Crippen MR) is 56.2 cm³/mol. The quantitative estimate of drug-likeness (QED) is 0.426. The zero-order valence-electron chi connectivity index (χ0n) is 9.38. The van der Waals surface area contributed by atoms with Crippen LogP contribution >= 0.6 is 0 Å². The van der Waals surface area contributed by atoms with Gasteiger partial charge in [-0.15, -0.1) is 0 Å². The molecule has 0 saturated heterocycles. The van der Waals surface area contributed by atoms with Gasteiger partial charge in [0.1, 0.15) is 6.61 Å². The van der Waals surface area contributed by atoms with Crippen LogP contribution in [0.15, 0.2) is 0 Å². The van der Waals surface area contributed by atoms with Crippen molar-refractivity contribution in [3.63, 3.8) is 0 Å². The zero-order valence-corrected chi connectivity index (χ0v) is 9.38. The summed E-state index contributed by atoms with van der Waals surface area (Å²) < 4.78 is 10.0. The minimum Gasteiger partial charge on any atom is -0.464 e. The van der Waals surface area contributed by atoms with Gasteiger partial charge in [0.15, 0.2) is 0 Å². The van der Waals surface area contributed by atoms with E-state index in [0.717, 1.165) is 12.8 Å². The zero-order chi connectivity index (χ0) is 10.6. The van der Waals surface area contributed by atoms with Crippen molar-refractivity contribution < 1.29 is 14.3 Å². The monoisotopic (exact) mass is 202 g/mol. The molecule has 0 aliphatic rings. The first-order valence-electron chi connectivity index (χ1n) is 5.54. The van der Waals surface area contributed by atoms with E-state index in [4.69, 9.17) is 9.47 Å². The minimum absolute atomic E-state index is 0.103. The standard InChI is InChI=1S/C11H22O3/c1-3-5-6-7-9-13-10-11(12)14-8-4-2/h3-10H2,1-2H3. The summed E-state index contributed by atoms with van der Waals surface area (Å²) in [6, 6.07) is 0. The van der Waals surface area contributed by atoms with Crippen LogP contribution in [0.3, 0.4) is 0 Å². The molecule has 84 valence electrons. The minimum atomic E-state index is -0.248. The topological polar surface area (TPSA) is 35.5 Å². The first-order chi connectivity index (χ1) is 6.81.